The fourth-order valence-corrected chi connectivity index (χ4v) is 2.33. The summed E-state index contributed by atoms with van der Waals surface area (Å²) in [6.45, 7) is 1.87. The first-order chi connectivity index (χ1) is 11.6. The number of nitrogens with zero attached hydrogens (tertiary/aromatic N) is 4. The Labute approximate surface area is 140 Å². The largest absolute Gasteiger partial charge is 0.497 e. The lowest BCUT2D eigenvalue weighted by Gasteiger charge is -2.09. The topological polar surface area (TPSA) is 78.8 Å². The number of aromatic nitrogens is 4. The molecule has 0 saturated carbocycles. The van der Waals surface area contributed by atoms with Crippen molar-refractivity contribution in [3.05, 3.63) is 53.7 Å². The highest BCUT2D eigenvalue weighted by atomic mass is 16.5. The van der Waals surface area contributed by atoms with Crippen LogP contribution in [-0.4, -0.2) is 26.6 Å². The second-order valence-corrected chi connectivity index (χ2v) is 5.26. The summed E-state index contributed by atoms with van der Waals surface area (Å²) < 4.78 is 7.14. The van der Waals surface area contributed by atoms with E-state index in [9.17, 15) is 0 Å². The summed E-state index contributed by atoms with van der Waals surface area (Å²) in [6, 6.07) is 7.62. The monoisotopic (exact) mass is 319 g/mol. The highest BCUT2D eigenvalue weighted by Crippen LogP contribution is 2.26. The van der Waals surface area contributed by atoms with Crippen LogP contribution in [0.5, 0.6) is 5.75 Å². The number of methoxy groups -OCH3 is 1. The Balaban J connectivity index is 2.16. The van der Waals surface area contributed by atoms with Crippen molar-refractivity contribution in [3.63, 3.8) is 0 Å². The van der Waals surface area contributed by atoms with Gasteiger partial charge in [-0.3, -0.25) is 0 Å². The predicted octanol–water partition coefficient (Wildman–Crippen LogP) is 2.18. The van der Waals surface area contributed by atoms with Gasteiger partial charge in [-0.05, 0) is 25.0 Å². The van der Waals surface area contributed by atoms with Crippen molar-refractivity contribution in [3.8, 4) is 28.8 Å². The number of anilines is 1. The number of nitrogen functional groups attached to an aromatic ring is 1. The van der Waals surface area contributed by atoms with Crippen LogP contribution in [0.1, 0.15) is 17.0 Å². The Bertz CT molecular complexity index is 950. The Morgan fingerprint density at radius 2 is 2.04 bits per heavy atom. The maximum absolute atomic E-state index is 5.84. The third-order valence-corrected chi connectivity index (χ3v) is 3.58. The van der Waals surface area contributed by atoms with Gasteiger partial charge in [0.2, 0.25) is 5.95 Å². The molecule has 0 unspecified atom stereocenters. The van der Waals surface area contributed by atoms with Crippen LogP contribution in [0.4, 0.5) is 5.95 Å². The van der Waals surface area contributed by atoms with Gasteiger partial charge in [-0.15, -0.1) is 0 Å². The van der Waals surface area contributed by atoms with Crippen LogP contribution in [0.25, 0.3) is 11.3 Å². The lowest BCUT2D eigenvalue weighted by molar-refractivity contribution is 0.415. The van der Waals surface area contributed by atoms with Crippen LogP contribution in [-0.2, 0) is 7.05 Å². The maximum atomic E-state index is 5.84. The summed E-state index contributed by atoms with van der Waals surface area (Å²) in [5.74, 6) is 7.22. The van der Waals surface area contributed by atoms with Gasteiger partial charge in [0.1, 0.15) is 11.4 Å². The zero-order valence-electron chi connectivity index (χ0n) is 13.7. The van der Waals surface area contributed by atoms with E-state index in [0.717, 1.165) is 28.3 Å². The first-order valence-corrected chi connectivity index (χ1v) is 7.35. The summed E-state index contributed by atoms with van der Waals surface area (Å²) in [5.41, 5.74) is 9.67. The highest BCUT2D eigenvalue weighted by molar-refractivity contribution is 5.70. The first-order valence-electron chi connectivity index (χ1n) is 7.35. The predicted molar refractivity (Wildman–Crippen MR) is 92.4 cm³/mol. The smallest absolute Gasteiger partial charge is 0.220 e. The van der Waals surface area contributed by atoms with E-state index in [1.165, 1.54) is 0 Å². The number of rotatable bonds is 2. The molecule has 2 heterocycles. The van der Waals surface area contributed by atoms with Gasteiger partial charge in [0.05, 0.1) is 36.6 Å². The summed E-state index contributed by atoms with van der Waals surface area (Å²) in [6.07, 6.45) is 3.42. The van der Waals surface area contributed by atoms with E-state index in [2.05, 4.69) is 26.8 Å². The zero-order valence-corrected chi connectivity index (χ0v) is 13.7. The molecule has 0 aliphatic carbocycles. The van der Waals surface area contributed by atoms with E-state index in [4.69, 9.17) is 10.5 Å². The molecule has 3 aromatic rings. The van der Waals surface area contributed by atoms with Gasteiger partial charge in [-0.25, -0.2) is 15.0 Å². The maximum Gasteiger partial charge on any atom is 0.220 e. The molecule has 0 radical (unpaired) electrons. The van der Waals surface area contributed by atoms with E-state index < -0.39 is 0 Å². The lowest BCUT2D eigenvalue weighted by atomic mass is 10.0. The molecule has 6 nitrogen and oxygen atoms in total. The van der Waals surface area contributed by atoms with Crippen molar-refractivity contribution in [2.24, 2.45) is 7.05 Å². The molecule has 1 aromatic carbocycles. The van der Waals surface area contributed by atoms with Crippen LogP contribution in [0.2, 0.25) is 0 Å². The molecule has 24 heavy (non-hydrogen) atoms. The molecule has 0 atom stereocenters. The minimum absolute atomic E-state index is 0.219. The Kier molecular flexibility index (Phi) is 4.17. The summed E-state index contributed by atoms with van der Waals surface area (Å²) >= 11 is 0. The lowest BCUT2D eigenvalue weighted by Crippen LogP contribution is -2.03. The molecule has 0 saturated heterocycles. The van der Waals surface area contributed by atoms with E-state index in [0.29, 0.717) is 5.69 Å². The third kappa shape index (κ3) is 3.06. The van der Waals surface area contributed by atoms with Crippen molar-refractivity contribution in [1.82, 2.24) is 19.5 Å². The summed E-state index contributed by atoms with van der Waals surface area (Å²) in [5, 5.41) is 0. The molecule has 3 rings (SSSR count). The van der Waals surface area contributed by atoms with Crippen molar-refractivity contribution in [2.45, 2.75) is 6.92 Å². The van der Waals surface area contributed by atoms with Gasteiger partial charge in [-0.2, -0.15) is 0 Å². The van der Waals surface area contributed by atoms with Crippen molar-refractivity contribution in [1.29, 1.82) is 0 Å². The SMILES string of the molecule is COc1cccc(-c2nc(N)nc(C)c2C#Cc2cncn2C)c1. The second kappa shape index (κ2) is 6.42. The Morgan fingerprint density at radius 3 is 2.75 bits per heavy atom. The molecule has 2 N–H and O–H groups in total. The molecule has 0 aliphatic rings. The number of imidazole rings is 1. The van der Waals surface area contributed by atoms with Crippen LogP contribution in [0, 0.1) is 18.8 Å². The van der Waals surface area contributed by atoms with Gasteiger partial charge in [-0.1, -0.05) is 18.1 Å². The second-order valence-electron chi connectivity index (χ2n) is 5.26. The molecule has 0 spiro atoms. The van der Waals surface area contributed by atoms with E-state index in [1.54, 1.807) is 19.6 Å². The van der Waals surface area contributed by atoms with Crippen molar-refractivity contribution < 1.29 is 4.74 Å². The summed E-state index contributed by atoms with van der Waals surface area (Å²) in [7, 11) is 3.52. The van der Waals surface area contributed by atoms with E-state index in [1.807, 2.05) is 42.8 Å². The molecule has 0 bridgehead atoms. The number of benzene rings is 1. The average Bonchev–Trinajstić information content (AvgIpc) is 2.98. The normalized spacial score (nSPS) is 10.1. The molecule has 0 aliphatic heterocycles. The van der Waals surface area contributed by atoms with Gasteiger partial charge < -0.3 is 15.0 Å². The van der Waals surface area contributed by atoms with Crippen LogP contribution >= 0.6 is 0 Å². The number of nitrogens with two attached hydrogens (primary N) is 1. The number of aryl methyl sites for hydroxylation is 2. The molecule has 120 valence electrons. The number of hydrogen-bond donors (Lipinski definition) is 1. The Hall–Kier alpha value is -3.33. The minimum atomic E-state index is 0.219. The fraction of sp³-hybridized carbons (Fsp3) is 0.167. The quantitative estimate of drug-likeness (QED) is 0.732. The Morgan fingerprint density at radius 1 is 1.21 bits per heavy atom. The average molecular weight is 319 g/mol. The molecular weight excluding hydrogens is 302 g/mol. The van der Waals surface area contributed by atoms with Gasteiger partial charge in [0.15, 0.2) is 0 Å². The molecule has 6 heteroatoms. The molecule has 2 aromatic heterocycles. The van der Waals surface area contributed by atoms with Crippen molar-refractivity contribution in [2.75, 3.05) is 12.8 Å². The summed E-state index contributed by atoms with van der Waals surface area (Å²) in [4.78, 5) is 12.7. The molecular formula is C18H17N5O. The van der Waals surface area contributed by atoms with Gasteiger partial charge >= 0.3 is 0 Å². The van der Waals surface area contributed by atoms with Crippen LogP contribution < -0.4 is 10.5 Å². The fourth-order valence-electron chi connectivity index (χ4n) is 2.33. The van der Waals surface area contributed by atoms with Gasteiger partial charge in [0, 0.05) is 12.6 Å². The van der Waals surface area contributed by atoms with E-state index >= 15 is 0 Å². The van der Waals surface area contributed by atoms with Crippen molar-refractivity contribution >= 4 is 5.95 Å². The first kappa shape index (κ1) is 15.6. The van der Waals surface area contributed by atoms with Gasteiger partial charge in [0.25, 0.3) is 0 Å². The van der Waals surface area contributed by atoms with E-state index in [-0.39, 0.29) is 5.95 Å². The minimum Gasteiger partial charge on any atom is -0.497 e. The third-order valence-electron chi connectivity index (χ3n) is 3.58. The molecule has 0 fully saturated rings. The molecule has 0 amide bonds. The number of ether oxygens (including phenoxy) is 1. The number of hydrogen-bond acceptors (Lipinski definition) is 5. The van der Waals surface area contributed by atoms with Crippen LogP contribution in [0.3, 0.4) is 0 Å². The standard InChI is InChI=1S/C18H17N5O/c1-12-16(8-7-14-10-20-11-23(14)2)17(22-18(19)21-12)13-5-4-6-15(9-13)24-3/h4-6,9-11H,1-3H3,(H2,19,21,22). The van der Waals surface area contributed by atoms with Crippen LogP contribution in [0.15, 0.2) is 36.8 Å². The highest BCUT2D eigenvalue weighted by Gasteiger charge is 2.12. The zero-order chi connectivity index (χ0) is 17.1.